The van der Waals surface area contributed by atoms with Crippen molar-refractivity contribution in [3.63, 3.8) is 0 Å². The molecule has 0 fully saturated rings. The Balaban J connectivity index is 1.47. The number of benzene rings is 3. The largest absolute Gasteiger partial charge is 0.378 e. The molecule has 0 bridgehead atoms. The highest BCUT2D eigenvalue weighted by molar-refractivity contribution is 6.06. The standard InChI is InChI=1S/C24H22N2O/c1-26(2)21-8-5-7-20(15-21)24(27)14-17-10-12-18(13-11-17)23-16-19-6-3-4-9-22(19)25-23/h3-13,15H,14,16H2,1-2H3. The lowest BCUT2D eigenvalue weighted by Crippen LogP contribution is -2.10. The van der Waals surface area contributed by atoms with E-state index in [1.165, 1.54) is 5.56 Å². The number of rotatable bonds is 5. The first-order valence-electron chi connectivity index (χ1n) is 9.15. The van der Waals surface area contributed by atoms with Crippen molar-refractivity contribution in [2.75, 3.05) is 19.0 Å². The van der Waals surface area contributed by atoms with Crippen LogP contribution in [0.1, 0.15) is 27.0 Å². The Labute approximate surface area is 160 Å². The third kappa shape index (κ3) is 3.68. The summed E-state index contributed by atoms with van der Waals surface area (Å²) in [5.74, 6) is 0.136. The van der Waals surface area contributed by atoms with Gasteiger partial charge in [-0.05, 0) is 34.9 Å². The van der Waals surface area contributed by atoms with Gasteiger partial charge < -0.3 is 4.90 Å². The van der Waals surface area contributed by atoms with E-state index in [-0.39, 0.29) is 5.78 Å². The van der Waals surface area contributed by atoms with Crippen molar-refractivity contribution >= 4 is 22.9 Å². The first-order valence-corrected chi connectivity index (χ1v) is 9.15. The maximum absolute atomic E-state index is 12.6. The third-order valence-electron chi connectivity index (χ3n) is 4.94. The molecule has 1 aliphatic heterocycles. The molecule has 0 atom stereocenters. The van der Waals surface area contributed by atoms with Gasteiger partial charge in [0.1, 0.15) is 0 Å². The van der Waals surface area contributed by atoms with Crippen LogP contribution in [-0.2, 0) is 12.8 Å². The monoisotopic (exact) mass is 354 g/mol. The van der Waals surface area contributed by atoms with Crippen LogP contribution < -0.4 is 4.90 Å². The van der Waals surface area contributed by atoms with Gasteiger partial charge in [0, 0.05) is 38.2 Å². The van der Waals surface area contributed by atoms with Crippen LogP contribution in [0, 0.1) is 0 Å². The van der Waals surface area contributed by atoms with E-state index in [0.29, 0.717) is 6.42 Å². The number of aliphatic imine (C=N–C) groups is 1. The number of ketones is 1. The zero-order valence-electron chi connectivity index (χ0n) is 15.6. The van der Waals surface area contributed by atoms with Gasteiger partial charge in [-0.25, -0.2) is 0 Å². The van der Waals surface area contributed by atoms with Gasteiger partial charge in [-0.15, -0.1) is 0 Å². The van der Waals surface area contributed by atoms with E-state index in [9.17, 15) is 4.79 Å². The average Bonchev–Trinajstić information content (AvgIpc) is 3.13. The Kier molecular flexibility index (Phi) is 4.59. The SMILES string of the molecule is CN(C)c1cccc(C(=O)Cc2ccc(C3=Nc4ccccc4C3)cc2)c1. The van der Waals surface area contributed by atoms with E-state index in [1.807, 2.05) is 61.5 Å². The van der Waals surface area contributed by atoms with E-state index >= 15 is 0 Å². The summed E-state index contributed by atoms with van der Waals surface area (Å²) in [5, 5.41) is 0. The van der Waals surface area contributed by atoms with Crippen molar-refractivity contribution in [1.29, 1.82) is 0 Å². The van der Waals surface area contributed by atoms with Gasteiger partial charge in [-0.2, -0.15) is 0 Å². The van der Waals surface area contributed by atoms with Crippen molar-refractivity contribution in [1.82, 2.24) is 0 Å². The smallest absolute Gasteiger partial charge is 0.167 e. The van der Waals surface area contributed by atoms with E-state index in [4.69, 9.17) is 4.99 Å². The zero-order valence-corrected chi connectivity index (χ0v) is 15.6. The van der Waals surface area contributed by atoms with Crippen LogP contribution in [-0.4, -0.2) is 25.6 Å². The molecule has 3 aromatic rings. The molecule has 0 aliphatic carbocycles. The molecule has 0 saturated heterocycles. The van der Waals surface area contributed by atoms with E-state index < -0.39 is 0 Å². The number of carbonyl (C=O) groups is 1. The highest BCUT2D eigenvalue weighted by atomic mass is 16.1. The highest BCUT2D eigenvalue weighted by Gasteiger charge is 2.15. The lowest BCUT2D eigenvalue weighted by Gasteiger charge is -2.13. The number of anilines is 1. The number of hydrogen-bond acceptors (Lipinski definition) is 3. The zero-order chi connectivity index (χ0) is 18.8. The van der Waals surface area contributed by atoms with Crippen LogP contribution in [0.5, 0.6) is 0 Å². The van der Waals surface area contributed by atoms with Crippen molar-refractivity contribution in [3.05, 3.63) is 95.1 Å². The molecule has 0 aromatic heterocycles. The lowest BCUT2D eigenvalue weighted by atomic mass is 9.99. The normalized spacial score (nSPS) is 12.4. The summed E-state index contributed by atoms with van der Waals surface area (Å²) in [7, 11) is 3.96. The van der Waals surface area contributed by atoms with Crippen molar-refractivity contribution in [3.8, 4) is 0 Å². The van der Waals surface area contributed by atoms with Crippen LogP contribution >= 0.6 is 0 Å². The van der Waals surface area contributed by atoms with E-state index in [2.05, 4.69) is 30.3 Å². The Hall–Kier alpha value is -3.20. The summed E-state index contributed by atoms with van der Waals surface area (Å²) in [6.45, 7) is 0. The highest BCUT2D eigenvalue weighted by Crippen LogP contribution is 2.28. The number of nitrogens with zero attached hydrogens (tertiary/aromatic N) is 2. The Morgan fingerprint density at radius 2 is 1.74 bits per heavy atom. The van der Waals surface area contributed by atoms with Gasteiger partial charge in [0.25, 0.3) is 0 Å². The Bertz CT molecular complexity index is 1020. The molecule has 134 valence electrons. The molecule has 0 spiro atoms. The van der Waals surface area contributed by atoms with Crippen LogP contribution in [0.15, 0.2) is 77.8 Å². The minimum atomic E-state index is 0.136. The van der Waals surface area contributed by atoms with Crippen molar-refractivity contribution in [2.24, 2.45) is 4.99 Å². The fraction of sp³-hybridized carbons (Fsp3) is 0.167. The summed E-state index contributed by atoms with van der Waals surface area (Å²) < 4.78 is 0. The van der Waals surface area contributed by atoms with Crippen molar-refractivity contribution < 1.29 is 4.79 Å². The van der Waals surface area contributed by atoms with Crippen LogP contribution in [0.3, 0.4) is 0 Å². The molecule has 0 N–H and O–H groups in total. The van der Waals surface area contributed by atoms with Gasteiger partial charge in [0.05, 0.1) is 11.4 Å². The van der Waals surface area contributed by atoms with Gasteiger partial charge in [0.15, 0.2) is 5.78 Å². The number of Topliss-reactive ketones (excluding diaryl/α,β-unsaturated/α-hetero) is 1. The molecule has 3 aromatic carbocycles. The minimum absolute atomic E-state index is 0.136. The molecule has 1 aliphatic rings. The summed E-state index contributed by atoms with van der Waals surface area (Å²) in [6.07, 6.45) is 1.27. The molecule has 4 rings (SSSR count). The van der Waals surface area contributed by atoms with Gasteiger partial charge in [-0.3, -0.25) is 9.79 Å². The molecule has 0 amide bonds. The van der Waals surface area contributed by atoms with Gasteiger partial charge in [0.2, 0.25) is 0 Å². The first-order chi connectivity index (χ1) is 13.1. The molecule has 0 radical (unpaired) electrons. The average molecular weight is 354 g/mol. The minimum Gasteiger partial charge on any atom is -0.378 e. The maximum atomic E-state index is 12.6. The topological polar surface area (TPSA) is 32.7 Å². The summed E-state index contributed by atoms with van der Waals surface area (Å²) in [4.78, 5) is 19.4. The summed E-state index contributed by atoms with van der Waals surface area (Å²) >= 11 is 0. The number of carbonyl (C=O) groups excluding carboxylic acids is 1. The molecule has 3 nitrogen and oxygen atoms in total. The summed E-state index contributed by atoms with van der Waals surface area (Å²) in [5.41, 5.74) is 7.36. The summed E-state index contributed by atoms with van der Waals surface area (Å²) in [6, 6.07) is 24.2. The number of hydrogen-bond donors (Lipinski definition) is 0. The molecule has 0 saturated carbocycles. The lowest BCUT2D eigenvalue weighted by molar-refractivity contribution is 0.0993. The Morgan fingerprint density at radius 3 is 2.48 bits per heavy atom. The van der Waals surface area contributed by atoms with E-state index in [0.717, 1.165) is 40.2 Å². The number of fused-ring (bicyclic) bond motifs is 1. The first kappa shape index (κ1) is 17.2. The molecule has 27 heavy (non-hydrogen) atoms. The quantitative estimate of drug-likeness (QED) is 0.613. The molecular weight excluding hydrogens is 332 g/mol. The van der Waals surface area contributed by atoms with Gasteiger partial charge in [-0.1, -0.05) is 54.6 Å². The van der Waals surface area contributed by atoms with Crippen LogP contribution in [0.4, 0.5) is 11.4 Å². The van der Waals surface area contributed by atoms with Crippen molar-refractivity contribution in [2.45, 2.75) is 12.8 Å². The Morgan fingerprint density at radius 1 is 0.963 bits per heavy atom. The molecule has 0 unspecified atom stereocenters. The maximum Gasteiger partial charge on any atom is 0.167 e. The second-order valence-corrected chi connectivity index (χ2v) is 7.11. The van der Waals surface area contributed by atoms with Crippen LogP contribution in [0.25, 0.3) is 0 Å². The predicted molar refractivity (Wildman–Crippen MR) is 112 cm³/mol. The predicted octanol–water partition coefficient (Wildman–Crippen LogP) is 4.85. The molecule has 1 heterocycles. The second-order valence-electron chi connectivity index (χ2n) is 7.11. The van der Waals surface area contributed by atoms with E-state index in [1.54, 1.807) is 0 Å². The number of para-hydroxylation sites is 1. The molecular formula is C24H22N2O. The fourth-order valence-electron chi connectivity index (χ4n) is 3.36. The van der Waals surface area contributed by atoms with Gasteiger partial charge >= 0.3 is 0 Å². The fourth-order valence-corrected chi connectivity index (χ4v) is 3.36. The molecule has 3 heteroatoms. The third-order valence-corrected chi connectivity index (χ3v) is 4.94. The second kappa shape index (κ2) is 7.20. The van der Waals surface area contributed by atoms with Crippen LogP contribution in [0.2, 0.25) is 0 Å².